The topological polar surface area (TPSA) is 296 Å². The van der Waals surface area contributed by atoms with Crippen LogP contribution in [0.3, 0.4) is 0 Å². The molecule has 12 unspecified atom stereocenters. The van der Waals surface area contributed by atoms with Gasteiger partial charge in [0.05, 0.1) is 90.9 Å². The molecule has 16 atom stereocenters. The molecule has 4 saturated heterocycles. The number of hydrogen-bond acceptors (Lipinski definition) is 24. The maximum Gasteiger partial charge on any atom is 0.323 e. The lowest BCUT2D eigenvalue weighted by Gasteiger charge is -2.47. The molecule has 0 amide bonds. The molecule has 8 heterocycles. The van der Waals surface area contributed by atoms with Crippen LogP contribution in [0.15, 0.2) is 48.4 Å². The molecule has 12 rings (SSSR count). The number of ether oxygens (including phenoxy) is 12. The molecule has 4 aromatic carbocycles. The summed E-state index contributed by atoms with van der Waals surface area (Å²) in [4.78, 5) is 56.7. The van der Waals surface area contributed by atoms with Crippen LogP contribution in [0.1, 0.15) is 336 Å². The van der Waals surface area contributed by atoms with Gasteiger partial charge in [0.2, 0.25) is 0 Å². The summed E-state index contributed by atoms with van der Waals surface area (Å²) < 4.78 is 710. The van der Waals surface area contributed by atoms with Gasteiger partial charge in [-0.05, 0) is 191 Å². The average molecular weight is 1750 g/mol. The summed E-state index contributed by atoms with van der Waals surface area (Å²) in [5, 5.41) is 0. The Morgan fingerprint density at radius 1 is 0.400 bits per heavy atom. The second-order valence-electron chi connectivity index (χ2n) is 28.7. The Labute approximate surface area is 826 Å². The van der Waals surface area contributed by atoms with Gasteiger partial charge in [-0.1, -0.05) is 110 Å². The summed E-state index contributed by atoms with van der Waals surface area (Å²) in [6, 6.07) is -32.2. The van der Waals surface area contributed by atoms with E-state index in [4.69, 9.17) is 152 Å². The minimum atomic E-state index is -4.20. The van der Waals surface area contributed by atoms with Gasteiger partial charge in [0, 0.05) is 197 Å². The maximum atomic E-state index is 13.8. The van der Waals surface area contributed by atoms with Crippen LogP contribution in [0.5, 0.6) is 46.0 Å². The van der Waals surface area contributed by atoms with E-state index in [0.29, 0.717) is 14.7 Å². The second-order valence-corrected chi connectivity index (χ2v) is 28.7. The van der Waals surface area contributed by atoms with Crippen LogP contribution >= 0.6 is 0 Å². The van der Waals surface area contributed by atoms with E-state index >= 15 is 0 Å². The molecule has 672 valence electrons. The van der Waals surface area contributed by atoms with Crippen molar-refractivity contribution < 1.29 is 182 Å². The summed E-state index contributed by atoms with van der Waals surface area (Å²) in [5.41, 5.74) is 18.0. The molecule has 0 radical (unpaired) electrons. The Balaban J connectivity index is 0.000000285. The quantitative estimate of drug-likeness (QED) is 0.0303. The first-order valence-corrected chi connectivity index (χ1v) is 37.0. The fourth-order valence-electron chi connectivity index (χ4n) is 12.5. The average Bonchev–Trinajstić information content (AvgIpc) is 0.647. The highest BCUT2D eigenvalue weighted by atomic mass is 16.6. The van der Waals surface area contributed by atoms with Crippen LogP contribution in [0.4, 0.5) is 0 Å². The zero-order valence-electron chi connectivity index (χ0n) is 145. The van der Waals surface area contributed by atoms with Gasteiger partial charge in [0.15, 0.2) is 46.0 Å². The first kappa shape index (κ1) is 36.1. The van der Waals surface area contributed by atoms with Crippen LogP contribution in [0.2, 0.25) is 0 Å². The zero-order chi connectivity index (χ0) is 155. The Kier molecular flexibility index (Phi) is 13.2. The third kappa shape index (κ3) is 23.8. The molecule has 8 aliphatic rings. The predicted molar refractivity (Wildman–Crippen MR) is 471 cm³/mol. The molecule has 24 heteroatoms. The van der Waals surface area contributed by atoms with E-state index < -0.39 is 481 Å². The summed E-state index contributed by atoms with van der Waals surface area (Å²) in [6.07, 6.45) is -37.5. The van der Waals surface area contributed by atoms with E-state index in [1.165, 1.54) is 62.5 Å². The van der Waals surface area contributed by atoms with Crippen molar-refractivity contribution in [2.45, 2.75) is 260 Å². The van der Waals surface area contributed by atoms with Gasteiger partial charge in [0.1, 0.15) is 48.4 Å². The van der Waals surface area contributed by atoms with Crippen LogP contribution in [0.25, 0.3) is 0 Å². The number of carbonyl (C=O) groups excluding carboxylic acids is 4. The van der Waals surface area contributed by atoms with Crippen molar-refractivity contribution >= 4 is 23.9 Å². The lowest BCUT2D eigenvalue weighted by Crippen LogP contribution is -2.51. The van der Waals surface area contributed by atoms with Gasteiger partial charge in [-0.2, -0.15) is 0 Å². The van der Waals surface area contributed by atoms with Crippen LogP contribution in [0, 0.1) is 70.8 Å². The van der Waals surface area contributed by atoms with Gasteiger partial charge < -0.3 is 79.8 Å². The second kappa shape index (κ2) is 43.9. The minimum absolute atomic E-state index is 0.127. The van der Waals surface area contributed by atoms with Crippen molar-refractivity contribution in [3.8, 4) is 46.0 Å². The molecule has 0 aliphatic carbocycles. The molecular weight excluding hydrogens is 1520 g/mol. The van der Waals surface area contributed by atoms with Crippen LogP contribution in [-0.4, -0.2) is 201 Å². The summed E-state index contributed by atoms with van der Waals surface area (Å²) in [7, 11) is -4.33. The van der Waals surface area contributed by atoms with E-state index in [-0.39, 0.29) is 22.6 Å². The summed E-state index contributed by atoms with van der Waals surface area (Å²) in [6.45, 7) is -39.5. The van der Waals surface area contributed by atoms with Gasteiger partial charge in [-0.25, -0.2) is 0 Å². The number of methoxy groups -OCH3 is 8. The maximum absolute atomic E-state index is 13.8. The first-order chi connectivity index (χ1) is 86.8. The number of piperidine rings is 4. The number of benzene rings is 4. The Hall–Kier alpha value is -7.16. The lowest BCUT2D eigenvalue weighted by molar-refractivity contribution is -0.161. The number of nitrogens with two attached hydrogens (primary N) is 4. The highest BCUT2D eigenvalue weighted by Gasteiger charge is 2.47. The van der Waals surface area contributed by atoms with Gasteiger partial charge >= 0.3 is 23.9 Å². The number of nitrogens with zero attached hydrogens (tertiary/aromatic N) is 4. The minimum Gasteiger partial charge on any atom is -0.493 e. The molecule has 4 aromatic rings. The normalized spacial score (nSPS) is 47.2. The molecular formula is C96H152N8O16. The molecule has 8 N–H and O–H groups in total. The van der Waals surface area contributed by atoms with Crippen molar-refractivity contribution in [3.63, 3.8) is 0 Å². The number of hydrogen-bond donors (Lipinski definition) is 4. The van der Waals surface area contributed by atoms with E-state index in [2.05, 4.69) is 0 Å². The third-order valence-corrected chi connectivity index (χ3v) is 18.1. The Morgan fingerprint density at radius 2 is 0.700 bits per heavy atom. The SMILES string of the molecule is [2H]C([2H])([2H])Oc1cc2c(cc1OC)C1N(C([2H])([2H])C2([2H])[2H])C([2H])([2H])C([2H])(CC(C)C)C(OC(=O)[C@@]([2H])(N)C([2H])(C([2H])([2H])[2H])C([2H])([2H])[2H])C1([2H])[2H].[2H]c1c2c(c([2H])c(OC)c1OC([2H])([2H])[2H])C1([2H])N(CC2)C([2H])([2H])C([2H])(CC(C)C)C([2H])(OC(=O)[C@@]([2H])(N)C([2H])(C([2H])([2H])[2H])C([2H])([2H])[2H])C1([2H])[2H].[2H]c1c2c(c([2H])c(OC)c1OC([2H])([2H])[2H])C1([2H])N(CC2)C([2H])([2H])C([2H])(CC(C)C)C([2H])(OC(=O)[C@@]([2H])(N)C([2H])(C([2H])([2H])[2H])C([2H])([2H])[2H])C1([2H])[2H].[2H]c1c2c(c([2H])c(OC)c1OC)C1([2H])N(CC2)C([2H])([2H])C([2H])(CC(C)C)C([2H])(OC(=O)[C@@]([2H])(N)C([2H])(C([2H])([2H])[2H])C([2H])([2H])[2H])C1([2H])[2H]. The van der Waals surface area contributed by atoms with Crippen LogP contribution < -0.4 is 60.8 Å². The molecule has 24 nitrogen and oxygen atoms in total. The van der Waals surface area contributed by atoms with Crippen LogP contribution in [-0.2, 0) is 63.8 Å². The number of fused-ring (bicyclic) bond motifs is 12. The fraction of sp³-hybridized carbons (Fsp3) is 0.708. The summed E-state index contributed by atoms with van der Waals surface area (Å²) >= 11 is 0. The first-order valence-electron chi connectivity index (χ1n) is 75.5. The smallest absolute Gasteiger partial charge is 0.323 e. The molecule has 120 heavy (non-hydrogen) atoms. The highest BCUT2D eigenvalue weighted by Crippen LogP contribution is 2.50. The monoisotopic (exact) mass is 1750 g/mol. The standard InChI is InChI=1S/4C24H38N2O4/c4*1-14(2)9-17-13-26-8-7-16-10-21(28-5)22(29-6)11-18(16)19(26)12-20(17)30-24(27)23(25)15(3)4/h4*10-11,14-15,17,19-20,23H,7-9,12-13,25H2,1-6H3/t4*17?,19?,20?,23-/m0000/s1/i2*3D3,4D3,5D3,10D,11D,12D2,13D2,15D,17D,19D,20D,23D;3D3,4D3,10D,11D,12D2,13D2,15D,17D,19D,20D,23D;3D3,4D3,5D3,7D2,8D2,12D2,13D2,15D,17D,23D. The number of esters is 4. The van der Waals surface area contributed by atoms with E-state index in [0.717, 1.165) is 40.6 Å². The van der Waals surface area contributed by atoms with Gasteiger partial charge in [-0.3, -0.25) is 38.8 Å². The number of aryl methyl sites for hydroxylation is 1. The lowest BCUT2D eigenvalue weighted by atomic mass is 9.79. The molecule has 0 bridgehead atoms. The Morgan fingerprint density at radius 3 is 1.02 bits per heavy atom. The largest absolute Gasteiger partial charge is 0.493 e. The molecule has 0 aromatic heterocycles. The fourth-order valence-corrected chi connectivity index (χ4v) is 12.5. The molecule has 0 saturated carbocycles. The van der Waals surface area contributed by atoms with Crippen molar-refractivity contribution in [1.29, 1.82) is 0 Å². The van der Waals surface area contributed by atoms with E-state index in [1.807, 2.05) is 0 Å². The number of carbonyl (C=O) groups is 4. The highest BCUT2D eigenvalue weighted by molar-refractivity contribution is 5.77. The van der Waals surface area contributed by atoms with Crippen molar-refractivity contribution in [2.24, 2.45) is 93.8 Å². The van der Waals surface area contributed by atoms with Gasteiger partial charge in [-0.15, -0.1) is 0 Å². The van der Waals surface area contributed by atoms with E-state index in [1.54, 1.807) is 0 Å². The van der Waals surface area contributed by atoms with Crippen molar-refractivity contribution in [1.82, 2.24) is 19.6 Å². The Bertz CT molecular complexity index is 7440. The third-order valence-electron chi connectivity index (χ3n) is 18.1. The molecule has 8 aliphatic heterocycles. The van der Waals surface area contributed by atoms with Gasteiger partial charge in [0.25, 0.3) is 0 Å². The van der Waals surface area contributed by atoms with Crippen molar-refractivity contribution in [2.75, 3.05) is 109 Å². The molecule has 0 spiro atoms. The zero-order valence-corrected chi connectivity index (χ0v) is 67.8. The number of rotatable bonds is 28. The predicted octanol–water partition coefficient (Wildman–Crippen LogP) is 14.3. The molecule has 4 fully saturated rings. The summed E-state index contributed by atoms with van der Waals surface area (Å²) in [5.74, 6) is -47.5. The van der Waals surface area contributed by atoms with Crippen molar-refractivity contribution in [3.05, 3.63) is 92.9 Å². The van der Waals surface area contributed by atoms with E-state index in [9.17, 15) is 52.1 Å².